The highest BCUT2D eigenvalue weighted by atomic mass is 16.5. The minimum Gasteiger partial charge on any atom is -0.493 e. The number of rotatable bonds is 6. The summed E-state index contributed by atoms with van der Waals surface area (Å²) in [6.45, 7) is 3.03. The number of unbranched alkanes of at least 4 members (excludes halogenated alkanes) is 3. The van der Waals surface area contributed by atoms with E-state index >= 15 is 0 Å². The number of hydrogen-bond acceptors (Lipinski definition) is 2. The van der Waals surface area contributed by atoms with E-state index in [4.69, 9.17) is 4.74 Å². The van der Waals surface area contributed by atoms with Crippen LogP contribution in [-0.4, -0.2) is 11.7 Å². The number of hydrogen-bond donors (Lipinski definition) is 1. The zero-order valence-corrected chi connectivity index (χ0v) is 11.3. The van der Waals surface area contributed by atoms with Crippen LogP contribution in [0.4, 0.5) is 0 Å². The van der Waals surface area contributed by atoms with E-state index in [0.29, 0.717) is 0 Å². The Morgan fingerprint density at radius 1 is 1.28 bits per heavy atom. The first-order valence-electron chi connectivity index (χ1n) is 7.25. The van der Waals surface area contributed by atoms with Gasteiger partial charge in [0.2, 0.25) is 0 Å². The van der Waals surface area contributed by atoms with Crippen molar-refractivity contribution in [2.75, 3.05) is 6.61 Å². The van der Waals surface area contributed by atoms with Crippen molar-refractivity contribution in [3.63, 3.8) is 0 Å². The molecule has 0 bridgehead atoms. The summed E-state index contributed by atoms with van der Waals surface area (Å²) < 4.78 is 5.59. The summed E-state index contributed by atoms with van der Waals surface area (Å²) in [5.74, 6) is 1.00. The van der Waals surface area contributed by atoms with Crippen molar-refractivity contribution >= 4 is 0 Å². The van der Waals surface area contributed by atoms with Crippen LogP contribution >= 0.6 is 0 Å². The second kappa shape index (κ2) is 6.79. The molecule has 1 aromatic rings. The van der Waals surface area contributed by atoms with E-state index in [1.54, 1.807) is 0 Å². The molecule has 0 saturated heterocycles. The first-order valence-corrected chi connectivity index (χ1v) is 7.25. The molecule has 100 valence electrons. The van der Waals surface area contributed by atoms with E-state index in [0.717, 1.165) is 43.6 Å². The topological polar surface area (TPSA) is 29.5 Å². The average molecular weight is 248 g/mol. The van der Waals surface area contributed by atoms with E-state index in [9.17, 15) is 5.11 Å². The standard InChI is InChI=1S/C16H24O2/c1-2-3-4-5-8-15(17)13-9-10-16-14(12-13)7-6-11-18-16/h9-10,12,15,17H,2-8,11H2,1H3. The predicted octanol–water partition coefficient (Wildman–Crippen LogP) is 4.02. The number of ether oxygens (including phenoxy) is 1. The Morgan fingerprint density at radius 2 is 2.17 bits per heavy atom. The van der Waals surface area contributed by atoms with Crippen LogP contribution in [0.5, 0.6) is 5.75 Å². The van der Waals surface area contributed by atoms with Crippen LogP contribution in [0.2, 0.25) is 0 Å². The van der Waals surface area contributed by atoms with Crippen molar-refractivity contribution in [1.29, 1.82) is 0 Å². The molecule has 1 aliphatic heterocycles. The zero-order chi connectivity index (χ0) is 12.8. The molecule has 2 heteroatoms. The molecule has 2 rings (SSSR count). The van der Waals surface area contributed by atoms with Crippen LogP contribution in [-0.2, 0) is 6.42 Å². The number of benzene rings is 1. The molecule has 1 heterocycles. The predicted molar refractivity (Wildman–Crippen MR) is 74.0 cm³/mol. The Labute approximate surface area is 110 Å². The van der Waals surface area contributed by atoms with Crippen molar-refractivity contribution in [1.82, 2.24) is 0 Å². The SMILES string of the molecule is CCCCCCC(O)c1ccc2c(c1)CCCO2. The van der Waals surface area contributed by atoms with Gasteiger partial charge in [0.25, 0.3) is 0 Å². The molecule has 18 heavy (non-hydrogen) atoms. The van der Waals surface area contributed by atoms with Gasteiger partial charge in [-0.2, -0.15) is 0 Å². The lowest BCUT2D eigenvalue weighted by molar-refractivity contribution is 0.163. The smallest absolute Gasteiger partial charge is 0.122 e. The second-order valence-corrected chi connectivity index (χ2v) is 5.18. The Morgan fingerprint density at radius 3 is 3.00 bits per heavy atom. The highest BCUT2D eigenvalue weighted by molar-refractivity contribution is 5.39. The maximum Gasteiger partial charge on any atom is 0.122 e. The van der Waals surface area contributed by atoms with Crippen LogP contribution in [0.25, 0.3) is 0 Å². The molecule has 0 saturated carbocycles. The van der Waals surface area contributed by atoms with E-state index in [2.05, 4.69) is 13.0 Å². The fraction of sp³-hybridized carbons (Fsp3) is 0.625. The lowest BCUT2D eigenvalue weighted by Gasteiger charge is -2.19. The van der Waals surface area contributed by atoms with Crippen molar-refractivity contribution in [2.24, 2.45) is 0 Å². The van der Waals surface area contributed by atoms with Crippen molar-refractivity contribution in [3.8, 4) is 5.75 Å². The third-order valence-electron chi connectivity index (χ3n) is 3.65. The molecule has 2 nitrogen and oxygen atoms in total. The van der Waals surface area contributed by atoms with Crippen LogP contribution in [0.15, 0.2) is 18.2 Å². The minimum absolute atomic E-state index is 0.311. The zero-order valence-electron chi connectivity index (χ0n) is 11.3. The Hall–Kier alpha value is -1.02. The monoisotopic (exact) mass is 248 g/mol. The lowest BCUT2D eigenvalue weighted by atomic mass is 9.98. The van der Waals surface area contributed by atoms with Crippen molar-refractivity contribution in [2.45, 2.75) is 58.0 Å². The largest absolute Gasteiger partial charge is 0.493 e. The first-order chi connectivity index (χ1) is 8.81. The van der Waals surface area contributed by atoms with Crippen molar-refractivity contribution < 1.29 is 9.84 Å². The van der Waals surface area contributed by atoms with E-state index < -0.39 is 0 Å². The van der Waals surface area contributed by atoms with Crippen molar-refractivity contribution in [3.05, 3.63) is 29.3 Å². The normalized spacial score (nSPS) is 15.9. The fourth-order valence-corrected chi connectivity index (χ4v) is 2.52. The van der Waals surface area contributed by atoms with Gasteiger partial charge in [-0.05, 0) is 42.5 Å². The highest BCUT2D eigenvalue weighted by Crippen LogP contribution is 2.29. The van der Waals surface area contributed by atoms with Gasteiger partial charge in [-0.15, -0.1) is 0 Å². The molecule has 1 unspecified atom stereocenters. The number of aliphatic hydroxyl groups excluding tert-OH is 1. The summed E-state index contributed by atoms with van der Waals surface area (Å²) in [6.07, 6.45) is 7.57. The van der Waals surface area contributed by atoms with E-state index in [1.165, 1.54) is 24.8 Å². The van der Waals surface area contributed by atoms with Gasteiger partial charge >= 0.3 is 0 Å². The molecule has 1 aliphatic rings. The summed E-state index contributed by atoms with van der Waals surface area (Å²) in [5.41, 5.74) is 2.31. The fourth-order valence-electron chi connectivity index (χ4n) is 2.52. The third kappa shape index (κ3) is 3.49. The quantitative estimate of drug-likeness (QED) is 0.771. The summed E-state index contributed by atoms with van der Waals surface area (Å²) in [6, 6.07) is 6.15. The van der Waals surface area contributed by atoms with E-state index in [1.807, 2.05) is 12.1 Å². The number of fused-ring (bicyclic) bond motifs is 1. The third-order valence-corrected chi connectivity index (χ3v) is 3.65. The van der Waals surface area contributed by atoms with Gasteiger partial charge < -0.3 is 9.84 Å². The first kappa shape index (κ1) is 13.4. The summed E-state index contributed by atoms with van der Waals surface area (Å²) >= 11 is 0. The van der Waals surface area contributed by atoms with E-state index in [-0.39, 0.29) is 6.10 Å². The van der Waals surface area contributed by atoms with Crippen LogP contribution < -0.4 is 4.74 Å². The second-order valence-electron chi connectivity index (χ2n) is 5.18. The molecule has 0 aliphatic carbocycles. The van der Waals surface area contributed by atoms with Gasteiger partial charge in [-0.1, -0.05) is 38.7 Å². The number of aryl methyl sites for hydroxylation is 1. The van der Waals surface area contributed by atoms with Gasteiger partial charge in [0.05, 0.1) is 12.7 Å². The summed E-state index contributed by atoms with van der Waals surface area (Å²) in [7, 11) is 0. The average Bonchev–Trinajstić information content (AvgIpc) is 2.43. The van der Waals surface area contributed by atoms with Gasteiger partial charge in [0.1, 0.15) is 5.75 Å². The van der Waals surface area contributed by atoms with Gasteiger partial charge in [0, 0.05) is 0 Å². The maximum atomic E-state index is 10.2. The maximum absolute atomic E-state index is 10.2. The molecule has 0 spiro atoms. The molecule has 0 amide bonds. The Bertz CT molecular complexity index is 373. The summed E-state index contributed by atoms with van der Waals surface area (Å²) in [5, 5.41) is 10.2. The Balaban J connectivity index is 1.91. The van der Waals surface area contributed by atoms with Crippen LogP contribution in [0.1, 0.15) is 62.7 Å². The molecule has 0 fully saturated rings. The lowest BCUT2D eigenvalue weighted by Crippen LogP contribution is -2.09. The Kier molecular flexibility index (Phi) is 5.06. The molecule has 0 aromatic heterocycles. The molecule has 1 N–H and O–H groups in total. The minimum atomic E-state index is -0.311. The molecular weight excluding hydrogens is 224 g/mol. The van der Waals surface area contributed by atoms with Gasteiger partial charge in [-0.25, -0.2) is 0 Å². The molecular formula is C16H24O2. The molecule has 1 atom stereocenters. The van der Waals surface area contributed by atoms with Gasteiger partial charge in [0.15, 0.2) is 0 Å². The summed E-state index contributed by atoms with van der Waals surface area (Å²) in [4.78, 5) is 0. The highest BCUT2D eigenvalue weighted by Gasteiger charge is 2.13. The molecule has 0 radical (unpaired) electrons. The van der Waals surface area contributed by atoms with Crippen LogP contribution in [0.3, 0.4) is 0 Å². The number of aliphatic hydroxyl groups is 1. The molecule has 1 aromatic carbocycles. The van der Waals surface area contributed by atoms with Crippen LogP contribution in [0, 0.1) is 0 Å². The van der Waals surface area contributed by atoms with Gasteiger partial charge in [-0.3, -0.25) is 0 Å².